The smallest absolute Gasteiger partial charge is 0.306 e. The fourth-order valence-electron chi connectivity index (χ4n) is 1.67. The van der Waals surface area contributed by atoms with Gasteiger partial charge >= 0.3 is 5.97 Å². The van der Waals surface area contributed by atoms with Crippen molar-refractivity contribution in [1.82, 2.24) is 0 Å². The van der Waals surface area contributed by atoms with Crippen molar-refractivity contribution in [2.24, 2.45) is 0 Å². The fourth-order valence-corrected chi connectivity index (χ4v) is 1.67. The lowest BCUT2D eigenvalue weighted by atomic mass is 10.1. The summed E-state index contributed by atoms with van der Waals surface area (Å²) in [6.07, 6.45) is 0.928. The van der Waals surface area contributed by atoms with Gasteiger partial charge in [-0.3, -0.25) is 4.79 Å². The summed E-state index contributed by atoms with van der Waals surface area (Å²) in [5.41, 5.74) is 7.45. The van der Waals surface area contributed by atoms with Gasteiger partial charge in [-0.25, -0.2) is 0 Å². The van der Waals surface area contributed by atoms with E-state index >= 15 is 0 Å². The van der Waals surface area contributed by atoms with Gasteiger partial charge in [-0.05, 0) is 39.3 Å². The first-order chi connectivity index (χ1) is 8.54. The highest BCUT2D eigenvalue weighted by molar-refractivity contribution is 5.70. The van der Waals surface area contributed by atoms with Crippen LogP contribution in [0, 0.1) is 0 Å². The van der Waals surface area contributed by atoms with Crippen LogP contribution < -0.4 is 10.5 Å². The Morgan fingerprint density at radius 3 is 2.72 bits per heavy atom. The Bertz CT molecular complexity index is 402. The van der Waals surface area contributed by atoms with Gasteiger partial charge in [0.05, 0.1) is 12.7 Å². The first kappa shape index (κ1) is 14.4. The zero-order valence-electron chi connectivity index (χ0n) is 11.2. The average Bonchev–Trinajstić information content (AvgIpc) is 2.28. The number of nitrogens with two attached hydrogens (primary N) is 1. The highest BCUT2D eigenvalue weighted by Crippen LogP contribution is 2.26. The molecule has 100 valence electrons. The van der Waals surface area contributed by atoms with Crippen LogP contribution in [-0.4, -0.2) is 18.7 Å². The lowest BCUT2D eigenvalue weighted by Crippen LogP contribution is -2.11. The van der Waals surface area contributed by atoms with Crippen molar-refractivity contribution >= 4 is 11.7 Å². The summed E-state index contributed by atoms with van der Waals surface area (Å²) >= 11 is 0. The molecule has 0 amide bonds. The van der Waals surface area contributed by atoms with E-state index in [2.05, 4.69) is 0 Å². The third-order valence-corrected chi connectivity index (χ3v) is 2.42. The molecule has 1 aromatic rings. The molecule has 4 heteroatoms. The van der Waals surface area contributed by atoms with E-state index in [9.17, 15) is 4.79 Å². The molecule has 0 saturated heterocycles. The van der Waals surface area contributed by atoms with E-state index < -0.39 is 0 Å². The highest BCUT2D eigenvalue weighted by atomic mass is 16.5. The van der Waals surface area contributed by atoms with Crippen LogP contribution >= 0.6 is 0 Å². The number of nitrogen functional groups attached to an aromatic ring is 1. The zero-order chi connectivity index (χ0) is 13.5. The standard InChI is InChI=1S/C14H21NO3/c1-4-17-14(16)9-8-11-12(15)6-5-7-13(11)18-10(2)3/h5-7,10H,4,8-9,15H2,1-3H3. The fraction of sp³-hybridized carbons (Fsp3) is 0.500. The van der Waals surface area contributed by atoms with Crippen LogP contribution in [-0.2, 0) is 16.0 Å². The van der Waals surface area contributed by atoms with Crippen molar-refractivity contribution in [2.45, 2.75) is 39.7 Å². The number of hydrogen-bond acceptors (Lipinski definition) is 4. The van der Waals surface area contributed by atoms with E-state index in [4.69, 9.17) is 15.2 Å². The van der Waals surface area contributed by atoms with Crippen LogP contribution in [0.25, 0.3) is 0 Å². The van der Waals surface area contributed by atoms with Crippen LogP contribution in [0.15, 0.2) is 18.2 Å². The SMILES string of the molecule is CCOC(=O)CCc1c(N)cccc1OC(C)C. The Balaban J connectivity index is 2.76. The van der Waals surface area contributed by atoms with Gasteiger partial charge in [0.25, 0.3) is 0 Å². The zero-order valence-corrected chi connectivity index (χ0v) is 11.2. The van der Waals surface area contributed by atoms with E-state index in [1.165, 1.54) is 0 Å². The number of benzene rings is 1. The van der Waals surface area contributed by atoms with Crippen LogP contribution in [0.5, 0.6) is 5.75 Å². The molecule has 18 heavy (non-hydrogen) atoms. The van der Waals surface area contributed by atoms with Gasteiger partial charge in [-0.15, -0.1) is 0 Å². The molecule has 0 aliphatic rings. The third-order valence-electron chi connectivity index (χ3n) is 2.42. The molecule has 0 spiro atoms. The van der Waals surface area contributed by atoms with Crippen molar-refractivity contribution in [2.75, 3.05) is 12.3 Å². The normalized spacial score (nSPS) is 10.4. The Kier molecular flexibility index (Phi) is 5.49. The highest BCUT2D eigenvalue weighted by Gasteiger charge is 2.11. The van der Waals surface area contributed by atoms with Gasteiger partial charge in [0.2, 0.25) is 0 Å². The Morgan fingerprint density at radius 1 is 1.39 bits per heavy atom. The molecule has 1 rings (SSSR count). The number of carbonyl (C=O) groups excluding carboxylic acids is 1. The van der Waals surface area contributed by atoms with E-state index in [-0.39, 0.29) is 12.1 Å². The van der Waals surface area contributed by atoms with Gasteiger partial charge in [-0.2, -0.15) is 0 Å². The molecule has 0 unspecified atom stereocenters. The lowest BCUT2D eigenvalue weighted by Gasteiger charge is -2.15. The topological polar surface area (TPSA) is 61.5 Å². The quantitative estimate of drug-likeness (QED) is 0.623. The summed E-state index contributed by atoms with van der Waals surface area (Å²) in [5.74, 6) is 0.533. The van der Waals surface area contributed by atoms with Gasteiger partial charge in [0.1, 0.15) is 5.75 Å². The van der Waals surface area contributed by atoms with Crippen LogP contribution in [0.3, 0.4) is 0 Å². The Hall–Kier alpha value is -1.71. The largest absolute Gasteiger partial charge is 0.491 e. The molecule has 2 N–H and O–H groups in total. The summed E-state index contributed by atoms with van der Waals surface area (Å²) in [6, 6.07) is 5.53. The van der Waals surface area contributed by atoms with E-state index in [1.807, 2.05) is 32.0 Å². The number of rotatable bonds is 6. The minimum Gasteiger partial charge on any atom is -0.491 e. The van der Waals surface area contributed by atoms with E-state index in [1.54, 1.807) is 6.92 Å². The first-order valence-electron chi connectivity index (χ1n) is 6.24. The van der Waals surface area contributed by atoms with Crippen LogP contribution in [0.2, 0.25) is 0 Å². The number of hydrogen-bond donors (Lipinski definition) is 1. The minimum atomic E-state index is -0.212. The second-order valence-electron chi connectivity index (χ2n) is 4.30. The third kappa shape index (κ3) is 4.28. The van der Waals surface area contributed by atoms with Crippen molar-refractivity contribution in [3.05, 3.63) is 23.8 Å². The van der Waals surface area contributed by atoms with Crippen LogP contribution in [0.4, 0.5) is 5.69 Å². The minimum absolute atomic E-state index is 0.0770. The van der Waals surface area contributed by atoms with Gasteiger partial charge in [0.15, 0.2) is 0 Å². The molecule has 0 radical (unpaired) electrons. The molecule has 0 aliphatic carbocycles. The molecule has 0 heterocycles. The maximum Gasteiger partial charge on any atom is 0.306 e. The van der Waals surface area contributed by atoms with E-state index in [0.717, 1.165) is 11.3 Å². The van der Waals surface area contributed by atoms with Crippen molar-refractivity contribution in [3.8, 4) is 5.75 Å². The van der Waals surface area contributed by atoms with Gasteiger partial charge in [-0.1, -0.05) is 6.07 Å². The summed E-state index contributed by atoms with van der Waals surface area (Å²) in [7, 11) is 0. The molecule has 0 aliphatic heterocycles. The molecular formula is C14H21NO3. The molecule has 0 fully saturated rings. The summed E-state index contributed by atoms with van der Waals surface area (Å²) in [5, 5.41) is 0. The summed E-state index contributed by atoms with van der Waals surface area (Å²) in [4.78, 5) is 11.4. The average molecular weight is 251 g/mol. The van der Waals surface area contributed by atoms with Crippen molar-refractivity contribution in [3.63, 3.8) is 0 Å². The second-order valence-corrected chi connectivity index (χ2v) is 4.30. The molecular weight excluding hydrogens is 230 g/mol. The second kappa shape index (κ2) is 6.89. The number of anilines is 1. The predicted molar refractivity (Wildman–Crippen MR) is 71.6 cm³/mol. The lowest BCUT2D eigenvalue weighted by molar-refractivity contribution is -0.143. The maximum absolute atomic E-state index is 11.4. The summed E-state index contributed by atoms with van der Waals surface area (Å²) < 4.78 is 10.6. The number of esters is 1. The molecule has 0 saturated carbocycles. The Morgan fingerprint density at radius 2 is 2.11 bits per heavy atom. The van der Waals surface area contributed by atoms with Gasteiger partial charge < -0.3 is 15.2 Å². The predicted octanol–water partition coefficient (Wildman–Crippen LogP) is 2.55. The van der Waals surface area contributed by atoms with Crippen molar-refractivity contribution < 1.29 is 14.3 Å². The first-order valence-corrected chi connectivity index (χ1v) is 6.24. The molecule has 0 bridgehead atoms. The molecule has 0 atom stereocenters. The number of ether oxygens (including phenoxy) is 2. The monoisotopic (exact) mass is 251 g/mol. The molecule has 1 aromatic carbocycles. The Labute approximate surface area is 108 Å². The molecule has 0 aromatic heterocycles. The molecule has 4 nitrogen and oxygen atoms in total. The van der Waals surface area contributed by atoms with E-state index in [0.29, 0.717) is 25.1 Å². The summed E-state index contributed by atoms with van der Waals surface area (Å²) in [6.45, 7) is 6.11. The maximum atomic E-state index is 11.4. The van der Waals surface area contributed by atoms with Crippen LogP contribution in [0.1, 0.15) is 32.8 Å². The number of carbonyl (C=O) groups is 1. The van der Waals surface area contributed by atoms with Crippen molar-refractivity contribution in [1.29, 1.82) is 0 Å². The van der Waals surface area contributed by atoms with Gasteiger partial charge in [0, 0.05) is 17.7 Å².